The average Bonchev–Trinajstić information content (AvgIpc) is 3.13. The molecule has 2 N–H and O–H groups in total. The van der Waals surface area contributed by atoms with Gasteiger partial charge in [-0.1, -0.05) is 19.0 Å². The van der Waals surface area contributed by atoms with Gasteiger partial charge in [0.15, 0.2) is 0 Å². The smallest absolute Gasteiger partial charge is 0.290 e. The Kier molecular flexibility index (Phi) is 4.57. The summed E-state index contributed by atoms with van der Waals surface area (Å²) in [6.45, 7) is 4.10. The number of aliphatic hydroxyl groups excluding tert-OH is 1. The summed E-state index contributed by atoms with van der Waals surface area (Å²) in [5.74, 6) is 0.391. The molecule has 0 aliphatic carbocycles. The molecule has 0 spiro atoms. The van der Waals surface area contributed by atoms with Crippen molar-refractivity contribution in [3.8, 4) is 0 Å². The maximum absolute atomic E-state index is 11.9. The van der Waals surface area contributed by atoms with E-state index in [-0.39, 0.29) is 18.2 Å². The summed E-state index contributed by atoms with van der Waals surface area (Å²) >= 11 is 0. The molecule has 0 saturated heterocycles. The van der Waals surface area contributed by atoms with Crippen LogP contribution in [0.4, 0.5) is 0 Å². The Morgan fingerprint density at radius 3 is 3.00 bits per heavy atom. The Morgan fingerprint density at radius 1 is 1.55 bits per heavy atom. The van der Waals surface area contributed by atoms with E-state index >= 15 is 0 Å². The lowest BCUT2D eigenvalue weighted by atomic mass is 10.1. The number of furan rings is 1. The molecular formula is C14H18N2O4. The van der Waals surface area contributed by atoms with Gasteiger partial charge in [0.1, 0.15) is 11.9 Å². The van der Waals surface area contributed by atoms with Crippen molar-refractivity contribution >= 4 is 5.91 Å². The molecule has 2 heterocycles. The molecule has 0 bridgehead atoms. The molecule has 0 unspecified atom stereocenters. The van der Waals surface area contributed by atoms with Crippen LogP contribution in [0.2, 0.25) is 0 Å². The maximum atomic E-state index is 11.9. The van der Waals surface area contributed by atoms with Gasteiger partial charge in [0, 0.05) is 12.0 Å². The lowest BCUT2D eigenvalue weighted by Crippen LogP contribution is -2.27. The second-order valence-corrected chi connectivity index (χ2v) is 4.67. The molecule has 0 aliphatic heterocycles. The minimum absolute atomic E-state index is 0.0473. The molecular weight excluding hydrogens is 260 g/mol. The molecule has 0 saturated carbocycles. The lowest BCUT2D eigenvalue weighted by Gasteiger charge is -2.07. The molecule has 0 aliphatic rings. The molecule has 6 heteroatoms. The van der Waals surface area contributed by atoms with Crippen LogP contribution in [0.3, 0.4) is 0 Å². The Hall–Kier alpha value is -2.08. The Bertz CT molecular complexity index is 547. The number of hydrogen-bond acceptors (Lipinski definition) is 5. The van der Waals surface area contributed by atoms with Gasteiger partial charge in [-0.3, -0.25) is 4.79 Å². The molecule has 2 atom stereocenters. The summed E-state index contributed by atoms with van der Waals surface area (Å²) < 4.78 is 10.1. The highest BCUT2D eigenvalue weighted by molar-refractivity contribution is 5.91. The summed E-state index contributed by atoms with van der Waals surface area (Å²) in [4.78, 5) is 11.9. The van der Waals surface area contributed by atoms with E-state index in [1.807, 2.05) is 13.8 Å². The monoisotopic (exact) mass is 278 g/mol. The summed E-state index contributed by atoms with van der Waals surface area (Å²) in [6.07, 6.45) is 1.51. The average molecular weight is 278 g/mol. The number of aromatic nitrogens is 1. The van der Waals surface area contributed by atoms with Crippen LogP contribution in [0, 0.1) is 0 Å². The van der Waals surface area contributed by atoms with E-state index < -0.39 is 12.0 Å². The maximum Gasteiger partial charge on any atom is 0.290 e. The van der Waals surface area contributed by atoms with E-state index in [1.165, 1.54) is 6.26 Å². The molecule has 0 radical (unpaired) electrons. The lowest BCUT2D eigenvalue weighted by molar-refractivity contribution is 0.0865. The molecule has 2 rings (SSSR count). The highest BCUT2D eigenvalue weighted by Crippen LogP contribution is 2.18. The predicted molar refractivity (Wildman–Crippen MR) is 71.2 cm³/mol. The topological polar surface area (TPSA) is 88.5 Å². The standard InChI is InChI=1S/C14H18N2O4/c1-3-9(2)10-7-13(20-16-10)14(18)15-8-11(17)12-5-4-6-19-12/h4-7,9,11,17H,3,8H2,1-2H3,(H,15,18)/t9-,11+/m0/s1. The van der Waals surface area contributed by atoms with Crippen molar-refractivity contribution < 1.29 is 18.8 Å². The van der Waals surface area contributed by atoms with Crippen LogP contribution in [-0.4, -0.2) is 22.7 Å². The summed E-state index contributed by atoms with van der Waals surface area (Å²) in [5, 5.41) is 16.2. The van der Waals surface area contributed by atoms with Gasteiger partial charge in [0.05, 0.1) is 18.5 Å². The zero-order valence-corrected chi connectivity index (χ0v) is 11.5. The Morgan fingerprint density at radius 2 is 2.35 bits per heavy atom. The van der Waals surface area contributed by atoms with Crippen LogP contribution in [-0.2, 0) is 0 Å². The van der Waals surface area contributed by atoms with E-state index in [2.05, 4.69) is 10.5 Å². The molecule has 0 fully saturated rings. The van der Waals surface area contributed by atoms with Crippen molar-refractivity contribution in [1.29, 1.82) is 0 Å². The zero-order chi connectivity index (χ0) is 14.5. The third kappa shape index (κ3) is 3.27. The van der Waals surface area contributed by atoms with Crippen molar-refractivity contribution in [1.82, 2.24) is 10.5 Å². The van der Waals surface area contributed by atoms with Gasteiger partial charge in [-0.05, 0) is 18.6 Å². The number of carbonyl (C=O) groups excluding carboxylic acids is 1. The highest BCUT2D eigenvalue weighted by atomic mass is 16.5. The normalized spacial score (nSPS) is 13.9. The minimum Gasteiger partial charge on any atom is -0.467 e. The summed E-state index contributed by atoms with van der Waals surface area (Å²) in [7, 11) is 0. The van der Waals surface area contributed by atoms with Gasteiger partial charge < -0.3 is 19.4 Å². The highest BCUT2D eigenvalue weighted by Gasteiger charge is 2.17. The van der Waals surface area contributed by atoms with E-state index in [4.69, 9.17) is 8.94 Å². The van der Waals surface area contributed by atoms with Crippen molar-refractivity contribution in [2.45, 2.75) is 32.3 Å². The number of hydrogen-bond donors (Lipinski definition) is 2. The van der Waals surface area contributed by atoms with Gasteiger partial charge >= 0.3 is 0 Å². The largest absolute Gasteiger partial charge is 0.467 e. The van der Waals surface area contributed by atoms with Gasteiger partial charge in [-0.15, -0.1) is 0 Å². The fraction of sp³-hybridized carbons (Fsp3) is 0.429. The van der Waals surface area contributed by atoms with E-state index in [0.717, 1.165) is 12.1 Å². The number of aliphatic hydroxyl groups is 1. The molecule has 108 valence electrons. The molecule has 6 nitrogen and oxygen atoms in total. The summed E-state index contributed by atoms with van der Waals surface area (Å²) in [6, 6.07) is 4.95. The number of nitrogens with zero attached hydrogens (tertiary/aromatic N) is 1. The Balaban J connectivity index is 1.90. The van der Waals surface area contributed by atoms with Crippen LogP contribution < -0.4 is 5.32 Å². The number of amides is 1. The second kappa shape index (κ2) is 6.38. The molecule has 2 aromatic heterocycles. The SMILES string of the molecule is CC[C@H](C)c1cc(C(=O)NC[C@@H](O)c2ccco2)on1. The van der Waals surface area contributed by atoms with Crippen LogP contribution in [0.1, 0.15) is 54.3 Å². The van der Waals surface area contributed by atoms with Crippen molar-refractivity contribution in [3.05, 3.63) is 41.7 Å². The second-order valence-electron chi connectivity index (χ2n) is 4.67. The number of nitrogens with one attached hydrogen (secondary N) is 1. The van der Waals surface area contributed by atoms with E-state index in [1.54, 1.807) is 18.2 Å². The third-order valence-corrected chi connectivity index (χ3v) is 3.20. The minimum atomic E-state index is -0.883. The van der Waals surface area contributed by atoms with Gasteiger partial charge in [0.2, 0.25) is 5.76 Å². The first-order chi connectivity index (χ1) is 9.61. The van der Waals surface area contributed by atoms with Gasteiger partial charge in [-0.2, -0.15) is 0 Å². The fourth-order valence-corrected chi connectivity index (χ4v) is 1.70. The fourth-order valence-electron chi connectivity index (χ4n) is 1.70. The molecule has 1 amide bonds. The van der Waals surface area contributed by atoms with Crippen LogP contribution in [0.25, 0.3) is 0 Å². The molecule has 0 aromatic carbocycles. The van der Waals surface area contributed by atoms with E-state index in [9.17, 15) is 9.90 Å². The first-order valence-corrected chi connectivity index (χ1v) is 6.58. The van der Waals surface area contributed by atoms with Crippen LogP contribution in [0.15, 0.2) is 33.4 Å². The van der Waals surface area contributed by atoms with Crippen LogP contribution >= 0.6 is 0 Å². The first kappa shape index (κ1) is 14.3. The van der Waals surface area contributed by atoms with Crippen molar-refractivity contribution in [2.75, 3.05) is 6.54 Å². The van der Waals surface area contributed by atoms with E-state index in [0.29, 0.717) is 5.76 Å². The molecule has 20 heavy (non-hydrogen) atoms. The van der Waals surface area contributed by atoms with Crippen molar-refractivity contribution in [2.24, 2.45) is 0 Å². The zero-order valence-electron chi connectivity index (χ0n) is 11.5. The number of rotatable bonds is 6. The predicted octanol–water partition coefficient (Wildman–Crippen LogP) is 2.24. The summed E-state index contributed by atoms with van der Waals surface area (Å²) in [5.41, 5.74) is 0.754. The molecule has 2 aromatic rings. The first-order valence-electron chi connectivity index (χ1n) is 6.58. The van der Waals surface area contributed by atoms with Crippen LogP contribution in [0.5, 0.6) is 0 Å². The Labute approximate surface area is 116 Å². The third-order valence-electron chi connectivity index (χ3n) is 3.20. The van der Waals surface area contributed by atoms with Gasteiger partial charge in [-0.25, -0.2) is 0 Å². The quantitative estimate of drug-likeness (QED) is 0.846. The van der Waals surface area contributed by atoms with Crippen molar-refractivity contribution in [3.63, 3.8) is 0 Å². The van der Waals surface area contributed by atoms with Gasteiger partial charge in [0.25, 0.3) is 5.91 Å². The number of carbonyl (C=O) groups is 1.